The van der Waals surface area contributed by atoms with Gasteiger partial charge in [0.05, 0.1) is 8.07 Å². The van der Waals surface area contributed by atoms with Gasteiger partial charge in [0.15, 0.2) is 0 Å². The Morgan fingerprint density at radius 2 is 1.40 bits per heavy atom. The van der Waals surface area contributed by atoms with Crippen molar-refractivity contribution < 1.29 is 0 Å². The highest BCUT2D eigenvalue weighted by molar-refractivity contribution is 6.89. The van der Waals surface area contributed by atoms with Crippen molar-refractivity contribution in [1.29, 1.82) is 0 Å². The van der Waals surface area contributed by atoms with Crippen molar-refractivity contribution in [3.05, 3.63) is 91.7 Å². The molecule has 0 amide bonds. The van der Waals surface area contributed by atoms with Gasteiger partial charge in [0, 0.05) is 5.54 Å². The first-order chi connectivity index (χ1) is 18.5. The Bertz CT molecular complexity index is 1390. The van der Waals surface area contributed by atoms with Crippen molar-refractivity contribution in [3.63, 3.8) is 0 Å². The minimum absolute atomic E-state index is 0.0452. The molecule has 2 aliphatic carbocycles. The lowest BCUT2D eigenvalue weighted by Gasteiger charge is -2.43. The Balaban J connectivity index is 2.11. The molecule has 0 bridgehead atoms. The molecule has 0 aliphatic heterocycles. The summed E-state index contributed by atoms with van der Waals surface area (Å²) in [6, 6.07) is 16.9. The van der Waals surface area contributed by atoms with E-state index in [1.54, 1.807) is 39.0 Å². The number of hydrogen-bond donors (Lipinski definition) is 0. The quantitative estimate of drug-likeness (QED) is 0.313. The van der Waals surface area contributed by atoms with E-state index in [9.17, 15) is 0 Å². The zero-order valence-corrected chi connectivity index (χ0v) is 29.2. The molecular weight excluding hydrogens is 497 g/mol. The Kier molecular flexibility index (Phi) is 8.18. The van der Waals surface area contributed by atoms with Gasteiger partial charge in [-0.15, -0.1) is 0 Å². The number of allylic oxidation sites excluding steroid dienone is 5. The second-order valence-corrected chi connectivity index (χ2v) is 20.0. The molecule has 40 heavy (non-hydrogen) atoms. The lowest BCUT2D eigenvalue weighted by molar-refractivity contribution is 0.545. The molecule has 0 saturated heterocycles. The molecule has 0 spiro atoms. The van der Waals surface area contributed by atoms with Crippen LogP contribution in [0.3, 0.4) is 0 Å². The standard InChI is InChI=1S/C39H56Si/c1-15-40(16-2,36-27(7)25(5)26(6)28(36)8)37-30-20-18-17-19-29(30)23-32(37)31-21-22-33(38(9,10)11)34(24(3)4)35(31)39(12,13)14/h17-24,27,37H,15-16H2,1-14H3. The fraction of sp³-hybridized carbons (Fsp3) is 0.538. The van der Waals surface area contributed by atoms with Gasteiger partial charge in [0.1, 0.15) is 0 Å². The molecule has 0 fully saturated rings. The van der Waals surface area contributed by atoms with Gasteiger partial charge in [-0.2, -0.15) is 0 Å². The molecule has 4 rings (SSSR count). The van der Waals surface area contributed by atoms with Crippen LogP contribution in [0, 0.1) is 5.92 Å². The van der Waals surface area contributed by atoms with Crippen LogP contribution in [0.2, 0.25) is 12.1 Å². The van der Waals surface area contributed by atoms with Crippen LogP contribution in [0.4, 0.5) is 0 Å². The maximum absolute atomic E-state index is 2.60. The average molecular weight is 553 g/mol. The highest BCUT2D eigenvalue weighted by atomic mass is 28.3. The molecular formula is C39H56Si. The van der Waals surface area contributed by atoms with E-state index in [4.69, 9.17) is 0 Å². The van der Waals surface area contributed by atoms with E-state index in [-0.39, 0.29) is 10.8 Å². The number of rotatable bonds is 6. The van der Waals surface area contributed by atoms with Gasteiger partial charge in [0.2, 0.25) is 0 Å². The Labute approximate surface area is 248 Å². The largest absolute Gasteiger partial charge is 0.0942 e. The normalized spacial score (nSPS) is 20.1. The monoisotopic (exact) mass is 552 g/mol. The van der Waals surface area contributed by atoms with Crippen LogP contribution in [-0.4, -0.2) is 8.07 Å². The lowest BCUT2D eigenvalue weighted by Crippen LogP contribution is -2.45. The van der Waals surface area contributed by atoms with E-state index in [1.807, 2.05) is 5.20 Å². The highest BCUT2D eigenvalue weighted by Gasteiger charge is 2.50. The summed E-state index contributed by atoms with van der Waals surface area (Å²) in [5.74, 6) is 1.03. The molecule has 2 unspecified atom stereocenters. The third-order valence-electron chi connectivity index (χ3n) is 10.6. The van der Waals surface area contributed by atoms with E-state index >= 15 is 0 Å². The first-order valence-corrected chi connectivity index (χ1v) is 18.4. The van der Waals surface area contributed by atoms with Crippen LogP contribution in [0.5, 0.6) is 0 Å². The molecule has 0 N–H and O–H groups in total. The SMILES string of the molecule is CC[Si](CC)(C1=C(C)C(C)=C(C)C1C)C1C(c2ccc(C(C)(C)C)c(C(C)C)c2C(C)(C)C)=Cc2ccccc21. The molecule has 0 nitrogen and oxygen atoms in total. The fourth-order valence-corrected chi connectivity index (χ4v) is 14.5. The summed E-state index contributed by atoms with van der Waals surface area (Å²) in [5.41, 5.74) is 16.2. The zero-order valence-electron chi connectivity index (χ0n) is 28.2. The van der Waals surface area contributed by atoms with Crippen LogP contribution in [0.15, 0.2) is 58.3 Å². The number of fused-ring (bicyclic) bond motifs is 1. The van der Waals surface area contributed by atoms with Gasteiger partial charge in [0.25, 0.3) is 0 Å². The van der Waals surface area contributed by atoms with Crippen molar-refractivity contribution >= 4 is 19.7 Å². The summed E-state index contributed by atoms with van der Waals surface area (Å²) in [6.45, 7) is 34.0. The molecule has 1 heteroatoms. The van der Waals surface area contributed by atoms with Crippen LogP contribution in [0.1, 0.15) is 142 Å². The molecule has 0 saturated carbocycles. The van der Waals surface area contributed by atoms with E-state index in [0.717, 1.165) is 0 Å². The van der Waals surface area contributed by atoms with E-state index < -0.39 is 8.07 Å². The molecule has 0 aromatic heterocycles. The second-order valence-electron chi connectivity index (χ2n) is 15.2. The van der Waals surface area contributed by atoms with Crippen LogP contribution in [-0.2, 0) is 10.8 Å². The van der Waals surface area contributed by atoms with Gasteiger partial charge >= 0.3 is 0 Å². The van der Waals surface area contributed by atoms with Gasteiger partial charge in [-0.25, -0.2) is 0 Å². The molecule has 0 radical (unpaired) electrons. The topological polar surface area (TPSA) is 0 Å². The predicted molar refractivity (Wildman–Crippen MR) is 182 cm³/mol. The van der Waals surface area contributed by atoms with Crippen LogP contribution in [0.25, 0.3) is 11.6 Å². The van der Waals surface area contributed by atoms with E-state index in [2.05, 4.69) is 139 Å². The van der Waals surface area contributed by atoms with Gasteiger partial charge < -0.3 is 0 Å². The van der Waals surface area contributed by atoms with E-state index in [0.29, 0.717) is 17.4 Å². The smallest absolute Gasteiger partial charge is 0.0695 e. The summed E-state index contributed by atoms with van der Waals surface area (Å²) in [4.78, 5) is 0. The van der Waals surface area contributed by atoms with Crippen molar-refractivity contribution in [1.82, 2.24) is 0 Å². The van der Waals surface area contributed by atoms with Crippen LogP contribution >= 0.6 is 0 Å². The third-order valence-corrected chi connectivity index (χ3v) is 16.7. The number of benzene rings is 2. The summed E-state index contributed by atoms with van der Waals surface area (Å²) in [5, 5.41) is 1.83. The van der Waals surface area contributed by atoms with Crippen molar-refractivity contribution in [2.75, 3.05) is 0 Å². The minimum Gasteiger partial charge on any atom is -0.0695 e. The lowest BCUT2D eigenvalue weighted by atomic mass is 9.70. The first kappa shape index (κ1) is 30.8. The maximum Gasteiger partial charge on any atom is 0.0942 e. The molecule has 216 valence electrons. The molecule has 2 aromatic carbocycles. The van der Waals surface area contributed by atoms with E-state index in [1.165, 1.54) is 28.8 Å². The van der Waals surface area contributed by atoms with Gasteiger partial charge in [-0.3, -0.25) is 0 Å². The number of hydrogen-bond acceptors (Lipinski definition) is 0. The van der Waals surface area contributed by atoms with Gasteiger partial charge in [-0.1, -0.05) is 147 Å². The predicted octanol–water partition coefficient (Wildman–Crippen LogP) is 11.9. The van der Waals surface area contributed by atoms with Crippen molar-refractivity contribution in [2.45, 2.75) is 131 Å². The Morgan fingerprint density at radius 1 is 0.800 bits per heavy atom. The fourth-order valence-electron chi connectivity index (χ4n) is 8.44. The van der Waals surface area contributed by atoms with Crippen LogP contribution < -0.4 is 0 Å². The Morgan fingerprint density at radius 3 is 1.88 bits per heavy atom. The third kappa shape index (κ3) is 4.75. The summed E-state index contributed by atoms with van der Waals surface area (Å²) in [6.07, 6.45) is 2.60. The first-order valence-electron chi connectivity index (χ1n) is 15.9. The maximum atomic E-state index is 2.60. The summed E-state index contributed by atoms with van der Waals surface area (Å²) >= 11 is 0. The Hall–Kier alpha value is -2.12. The van der Waals surface area contributed by atoms with Crippen molar-refractivity contribution in [3.8, 4) is 0 Å². The highest BCUT2D eigenvalue weighted by Crippen LogP contribution is 2.57. The second kappa shape index (κ2) is 10.6. The zero-order chi connectivity index (χ0) is 29.9. The summed E-state index contributed by atoms with van der Waals surface area (Å²) < 4.78 is 0. The molecule has 2 aromatic rings. The minimum atomic E-state index is -1.99. The summed E-state index contributed by atoms with van der Waals surface area (Å²) in [7, 11) is -1.99. The van der Waals surface area contributed by atoms with Gasteiger partial charge in [-0.05, 0) is 88.0 Å². The van der Waals surface area contributed by atoms with Crippen molar-refractivity contribution in [2.24, 2.45) is 5.92 Å². The molecule has 0 heterocycles. The molecule has 2 atom stereocenters. The molecule has 2 aliphatic rings. The average Bonchev–Trinajstić information content (AvgIpc) is 3.36.